The van der Waals surface area contributed by atoms with Crippen LogP contribution < -0.4 is 20.3 Å². The first-order valence-electron chi connectivity index (χ1n) is 9.42. The van der Waals surface area contributed by atoms with Gasteiger partial charge < -0.3 is 35.1 Å². The quantitative estimate of drug-likeness (QED) is 0.438. The molecule has 4 N–H and O–H groups in total. The highest BCUT2D eigenvalue weighted by atomic mass is 35.5. The number of amides is 2. The number of methoxy groups -OCH3 is 1. The molecule has 3 rings (SSSR count). The van der Waals surface area contributed by atoms with Crippen LogP contribution in [0.15, 0.2) is 0 Å². The van der Waals surface area contributed by atoms with Crippen LogP contribution in [0, 0.1) is 6.92 Å². The number of thiazole rings is 1. The number of carbonyl (C=O) groups is 3. The first-order chi connectivity index (χ1) is 15.2. The zero-order chi connectivity index (χ0) is 23.6. The summed E-state index contributed by atoms with van der Waals surface area (Å²) >= 11 is 13.1. The monoisotopic (exact) mass is 505 g/mol. The van der Waals surface area contributed by atoms with Crippen LogP contribution in [0.25, 0.3) is 0 Å². The molecular weight excluding hydrogens is 485 g/mol. The number of ether oxygens (including phenoxy) is 2. The summed E-state index contributed by atoms with van der Waals surface area (Å²) in [5.41, 5.74) is 0.653. The Morgan fingerprint density at radius 3 is 2.56 bits per heavy atom. The van der Waals surface area contributed by atoms with Crippen molar-refractivity contribution in [3.05, 3.63) is 27.1 Å². The van der Waals surface area contributed by atoms with E-state index < -0.39 is 24.1 Å². The van der Waals surface area contributed by atoms with E-state index in [-0.39, 0.29) is 27.5 Å². The summed E-state index contributed by atoms with van der Waals surface area (Å²) in [6.07, 6.45) is -1.45. The van der Waals surface area contributed by atoms with E-state index in [1.165, 1.54) is 14.2 Å². The summed E-state index contributed by atoms with van der Waals surface area (Å²) in [6, 6.07) is -0.324. The number of rotatable bonds is 6. The number of carbonyl (C=O) groups excluding carboxylic acids is 2. The van der Waals surface area contributed by atoms with Crippen molar-refractivity contribution in [3.8, 4) is 5.06 Å². The van der Waals surface area contributed by atoms with Crippen molar-refractivity contribution in [3.63, 3.8) is 0 Å². The molecule has 0 saturated carbocycles. The number of nitrogens with one attached hydrogen (secondary N) is 3. The third-order valence-corrected chi connectivity index (χ3v) is 6.88. The summed E-state index contributed by atoms with van der Waals surface area (Å²) in [5, 5.41) is 15.0. The molecule has 0 aliphatic carbocycles. The number of hydrogen-bond donors (Lipinski definition) is 4. The Kier molecular flexibility index (Phi) is 7.49. The lowest BCUT2D eigenvalue weighted by Crippen LogP contribution is -2.55. The predicted octanol–water partition coefficient (Wildman–Crippen LogP) is 2.53. The average Bonchev–Trinajstić information content (AvgIpc) is 3.29. The van der Waals surface area contributed by atoms with E-state index in [1.54, 1.807) is 6.92 Å². The van der Waals surface area contributed by atoms with Gasteiger partial charge in [0.15, 0.2) is 10.8 Å². The fraction of sp³-hybridized carbons (Fsp3) is 0.444. The van der Waals surface area contributed by atoms with E-state index in [9.17, 15) is 14.4 Å². The van der Waals surface area contributed by atoms with Crippen molar-refractivity contribution in [1.82, 2.24) is 20.6 Å². The standard InChI is InChI=1S/C18H21Cl2N5O6S/c1-7-10(19)11(20)12(22-7)15(27)23-8-4-5-25(6-9(8)30-3)17-24-13(14(26)21-2)16(32-17)31-18(28)29/h8-9,22H,4-6H2,1-3H3,(H,21,26)(H,23,27)(H,28,29)/t8-,9+/m1/s1. The van der Waals surface area contributed by atoms with Crippen LogP contribution in [0.3, 0.4) is 0 Å². The normalized spacial score (nSPS) is 18.3. The largest absolute Gasteiger partial charge is 0.512 e. The summed E-state index contributed by atoms with van der Waals surface area (Å²) in [6.45, 7) is 2.52. The van der Waals surface area contributed by atoms with E-state index in [2.05, 4.69) is 20.6 Å². The fourth-order valence-corrected chi connectivity index (χ4v) is 4.67. The minimum atomic E-state index is -1.54. The number of H-pyrrole nitrogens is 1. The second-order valence-electron chi connectivity index (χ2n) is 6.92. The topological polar surface area (TPSA) is 146 Å². The molecule has 2 aromatic rings. The van der Waals surface area contributed by atoms with Gasteiger partial charge >= 0.3 is 6.16 Å². The van der Waals surface area contributed by atoms with Gasteiger partial charge in [0.1, 0.15) is 5.69 Å². The van der Waals surface area contributed by atoms with Gasteiger partial charge in [-0.15, -0.1) is 0 Å². The van der Waals surface area contributed by atoms with Crippen LogP contribution in [-0.4, -0.2) is 72.4 Å². The molecule has 1 aliphatic heterocycles. The van der Waals surface area contributed by atoms with Crippen molar-refractivity contribution >= 4 is 57.6 Å². The Bertz CT molecular complexity index is 1040. The van der Waals surface area contributed by atoms with Gasteiger partial charge in [-0.25, -0.2) is 9.78 Å². The predicted molar refractivity (Wildman–Crippen MR) is 119 cm³/mol. The van der Waals surface area contributed by atoms with E-state index >= 15 is 0 Å². The van der Waals surface area contributed by atoms with Crippen LogP contribution in [0.4, 0.5) is 9.93 Å². The van der Waals surface area contributed by atoms with Crippen LogP contribution >= 0.6 is 34.5 Å². The molecule has 0 aromatic carbocycles. The lowest BCUT2D eigenvalue weighted by Gasteiger charge is -2.37. The summed E-state index contributed by atoms with van der Waals surface area (Å²) in [5.74, 6) is -0.968. The highest BCUT2D eigenvalue weighted by Gasteiger charge is 2.34. The first-order valence-corrected chi connectivity index (χ1v) is 11.0. The third-order valence-electron chi connectivity index (χ3n) is 4.94. The molecule has 2 atom stereocenters. The second-order valence-corrected chi connectivity index (χ2v) is 8.62. The molecule has 1 fully saturated rings. The maximum absolute atomic E-state index is 12.7. The molecule has 1 saturated heterocycles. The number of aryl methyl sites for hydroxylation is 1. The van der Waals surface area contributed by atoms with Crippen LogP contribution in [-0.2, 0) is 4.74 Å². The molecule has 0 radical (unpaired) electrons. The molecule has 3 heterocycles. The number of hydrogen-bond acceptors (Lipinski definition) is 8. The van der Waals surface area contributed by atoms with Crippen molar-refractivity contribution in [2.24, 2.45) is 0 Å². The molecule has 0 spiro atoms. The minimum Gasteiger partial charge on any atom is -0.449 e. The molecular formula is C18H21Cl2N5O6S. The Hall–Kier alpha value is -2.54. The average molecular weight is 506 g/mol. The number of piperidine rings is 1. The van der Waals surface area contributed by atoms with E-state index in [1.807, 2.05) is 4.90 Å². The van der Waals surface area contributed by atoms with Gasteiger partial charge in [0.2, 0.25) is 5.06 Å². The lowest BCUT2D eigenvalue weighted by molar-refractivity contribution is 0.0540. The van der Waals surface area contributed by atoms with E-state index in [4.69, 9.17) is 37.8 Å². The smallest absolute Gasteiger partial charge is 0.449 e. The zero-order valence-electron chi connectivity index (χ0n) is 17.3. The van der Waals surface area contributed by atoms with Crippen LogP contribution in [0.2, 0.25) is 10.0 Å². The Balaban J connectivity index is 1.74. The maximum atomic E-state index is 12.7. The fourth-order valence-electron chi connectivity index (χ4n) is 3.30. The van der Waals surface area contributed by atoms with Crippen molar-refractivity contribution < 1.29 is 29.0 Å². The Morgan fingerprint density at radius 1 is 1.28 bits per heavy atom. The molecule has 14 heteroatoms. The van der Waals surface area contributed by atoms with Crippen molar-refractivity contribution in [2.45, 2.75) is 25.5 Å². The molecule has 2 aromatic heterocycles. The van der Waals surface area contributed by atoms with Crippen LogP contribution in [0.1, 0.15) is 33.1 Å². The third kappa shape index (κ3) is 4.93. The molecule has 1 aliphatic rings. The SMILES string of the molecule is CNC(=O)c1nc(N2CC[C@@H](NC(=O)c3[nH]c(C)c(Cl)c3Cl)[C@@H](OC)C2)sc1OC(=O)O. The van der Waals surface area contributed by atoms with Crippen molar-refractivity contribution in [1.29, 1.82) is 0 Å². The number of carboxylic acid groups (broad SMARTS) is 1. The number of anilines is 1. The van der Waals surface area contributed by atoms with Gasteiger partial charge in [-0.3, -0.25) is 9.59 Å². The van der Waals surface area contributed by atoms with Crippen molar-refractivity contribution in [2.75, 3.05) is 32.1 Å². The minimum absolute atomic E-state index is 0.118. The molecule has 0 unspecified atom stereocenters. The Morgan fingerprint density at radius 2 is 2.00 bits per heavy atom. The van der Waals surface area contributed by atoms with Crippen LogP contribution in [0.5, 0.6) is 5.06 Å². The van der Waals surface area contributed by atoms with Gasteiger partial charge in [0, 0.05) is 32.9 Å². The van der Waals surface area contributed by atoms with Gasteiger partial charge in [-0.1, -0.05) is 34.5 Å². The summed E-state index contributed by atoms with van der Waals surface area (Å²) < 4.78 is 10.3. The summed E-state index contributed by atoms with van der Waals surface area (Å²) in [7, 11) is 2.93. The number of aromatic nitrogens is 2. The number of nitrogens with zero attached hydrogens (tertiary/aromatic N) is 2. The maximum Gasteiger partial charge on any atom is 0.512 e. The summed E-state index contributed by atoms with van der Waals surface area (Å²) in [4.78, 5) is 44.6. The number of aromatic amines is 1. The molecule has 0 bridgehead atoms. The van der Waals surface area contributed by atoms with Gasteiger partial charge in [0.05, 0.1) is 22.2 Å². The molecule has 2 amide bonds. The second kappa shape index (κ2) is 9.94. The number of halogens is 2. The lowest BCUT2D eigenvalue weighted by atomic mass is 10.0. The molecule has 32 heavy (non-hydrogen) atoms. The van der Waals surface area contributed by atoms with Gasteiger partial charge in [-0.2, -0.15) is 0 Å². The Labute approximate surface area is 197 Å². The first kappa shape index (κ1) is 24.1. The van der Waals surface area contributed by atoms with E-state index in [0.717, 1.165) is 11.3 Å². The van der Waals surface area contributed by atoms with Gasteiger partial charge in [0.25, 0.3) is 11.8 Å². The zero-order valence-corrected chi connectivity index (χ0v) is 19.7. The van der Waals surface area contributed by atoms with Gasteiger partial charge in [-0.05, 0) is 13.3 Å². The van der Waals surface area contributed by atoms with E-state index in [0.29, 0.717) is 35.4 Å². The highest BCUT2D eigenvalue weighted by molar-refractivity contribution is 7.17. The molecule has 11 nitrogen and oxygen atoms in total. The molecule has 174 valence electrons. The highest BCUT2D eigenvalue weighted by Crippen LogP contribution is 2.35.